The highest BCUT2D eigenvalue weighted by atomic mass is 19.1. The number of nitrogens with one attached hydrogen (secondary N) is 2. The summed E-state index contributed by atoms with van der Waals surface area (Å²) in [6, 6.07) is 2.12. The molecular weight excluding hydrogens is 251 g/mol. The summed E-state index contributed by atoms with van der Waals surface area (Å²) in [5.74, 6) is -0.630. The van der Waals surface area contributed by atoms with Crippen molar-refractivity contribution in [3.05, 3.63) is 34.9 Å². The number of anilines is 1. The molecule has 0 bridgehead atoms. The molecule has 100 valence electrons. The lowest BCUT2D eigenvalue weighted by Crippen LogP contribution is -2.27. The van der Waals surface area contributed by atoms with Gasteiger partial charge in [0.15, 0.2) is 5.82 Å². The van der Waals surface area contributed by atoms with Crippen molar-refractivity contribution in [1.82, 2.24) is 25.9 Å². The molecule has 0 spiro atoms. The van der Waals surface area contributed by atoms with Gasteiger partial charge in [-0.25, -0.2) is 4.39 Å². The minimum Gasteiger partial charge on any atom is -0.398 e. The Hall–Kier alpha value is -2.51. The van der Waals surface area contributed by atoms with Crippen molar-refractivity contribution in [2.75, 3.05) is 5.73 Å². The Balaban J connectivity index is 2.16. The van der Waals surface area contributed by atoms with Gasteiger partial charge in [0.05, 0.1) is 6.04 Å². The first kappa shape index (κ1) is 12.9. The molecule has 1 aromatic carbocycles. The molecule has 1 heterocycles. The number of rotatable bonds is 3. The lowest BCUT2D eigenvalue weighted by molar-refractivity contribution is 0.0938. The standard InChI is InChI=1S/C11H13FN6O/c1-5-8(12)3-7(4-9(5)13)11(19)14-6(2)10-15-17-18-16-10/h3-4,6H,13H2,1-2H3,(H,14,19)(H,15,16,17,18). The van der Waals surface area contributed by atoms with E-state index in [1.165, 1.54) is 6.07 Å². The Morgan fingerprint density at radius 2 is 2.26 bits per heavy atom. The number of aromatic nitrogens is 4. The highest BCUT2D eigenvalue weighted by molar-refractivity contribution is 5.95. The van der Waals surface area contributed by atoms with Gasteiger partial charge in [-0.3, -0.25) is 4.79 Å². The van der Waals surface area contributed by atoms with Gasteiger partial charge in [0.2, 0.25) is 0 Å². The van der Waals surface area contributed by atoms with Gasteiger partial charge >= 0.3 is 0 Å². The molecule has 1 aromatic heterocycles. The van der Waals surface area contributed by atoms with Gasteiger partial charge in [-0.15, -0.1) is 10.2 Å². The first-order valence-electron chi connectivity index (χ1n) is 5.59. The third kappa shape index (κ3) is 2.67. The molecule has 1 atom stereocenters. The highest BCUT2D eigenvalue weighted by Crippen LogP contribution is 2.18. The van der Waals surface area contributed by atoms with Crippen molar-refractivity contribution in [3.8, 4) is 0 Å². The molecule has 0 fully saturated rings. The van der Waals surface area contributed by atoms with E-state index in [0.29, 0.717) is 11.4 Å². The number of hydrogen-bond acceptors (Lipinski definition) is 5. The zero-order valence-electron chi connectivity index (χ0n) is 10.4. The molecule has 1 amide bonds. The number of nitrogen functional groups attached to an aromatic ring is 1. The van der Waals surface area contributed by atoms with Crippen LogP contribution in [0.1, 0.15) is 34.7 Å². The lowest BCUT2D eigenvalue weighted by Gasteiger charge is -2.11. The Morgan fingerprint density at radius 3 is 2.84 bits per heavy atom. The van der Waals surface area contributed by atoms with E-state index in [0.717, 1.165) is 6.07 Å². The summed E-state index contributed by atoms with van der Waals surface area (Å²) >= 11 is 0. The van der Waals surface area contributed by atoms with Gasteiger partial charge in [0.25, 0.3) is 5.91 Å². The Kier molecular flexibility index (Phi) is 3.41. The van der Waals surface area contributed by atoms with Crippen LogP contribution in [0, 0.1) is 12.7 Å². The maximum absolute atomic E-state index is 13.5. The number of carbonyl (C=O) groups is 1. The van der Waals surface area contributed by atoms with E-state index in [-0.39, 0.29) is 11.3 Å². The molecule has 0 aliphatic heterocycles. The quantitative estimate of drug-likeness (QED) is 0.707. The number of hydrogen-bond donors (Lipinski definition) is 3. The summed E-state index contributed by atoms with van der Waals surface area (Å²) in [5.41, 5.74) is 6.33. The second-order valence-corrected chi connectivity index (χ2v) is 4.14. The second kappa shape index (κ2) is 5.01. The number of halogens is 1. The summed E-state index contributed by atoms with van der Waals surface area (Å²) in [7, 11) is 0. The van der Waals surface area contributed by atoms with E-state index in [9.17, 15) is 9.18 Å². The number of nitrogens with two attached hydrogens (primary N) is 1. The minimum absolute atomic E-state index is 0.149. The Morgan fingerprint density at radius 1 is 1.53 bits per heavy atom. The third-order valence-corrected chi connectivity index (χ3v) is 2.74. The van der Waals surface area contributed by atoms with Crippen molar-refractivity contribution in [2.45, 2.75) is 19.9 Å². The zero-order valence-corrected chi connectivity index (χ0v) is 10.4. The average molecular weight is 264 g/mol. The van der Waals surface area contributed by atoms with Crippen molar-refractivity contribution < 1.29 is 9.18 Å². The zero-order chi connectivity index (χ0) is 14.0. The fourth-order valence-corrected chi connectivity index (χ4v) is 1.53. The molecule has 0 radical (unpaired) electrons. The molecule has 7 nitrogen and oxygen atoms in total. The van der Waals surface area contributed by atoms with Gasteiger partial charge in [0, 0.05) is 16.8 Å². The van der Waals surface area contributed by atoms with Crippen LogP contribution in [0.2, 0.25) is 0 Å². The summed E-state index contributed by atoms with van der Waals surface area (Å²) in [5, 5.41) is 15.8. The Labute approximate surface area is 108 Å². The van der Waals surface area contributed by atoms with Gasteiger partial charge in [-0.1, -0.05) is 5.21 Å². The average Bonchev–Trinajstić information content (AvgIpc) is 2.89. The first-order valence-corrected chi connectivity index (χ1v) is 5.59. The molecule has 2 aromatic rings. The Bertz CT molecular complexity index is 574. The second-order valence-electron chi connectivity index (χ2n) is 4.14. The normalized spacial score (nSPS) is 12.2. The van der Waals surface area contributed by atoms with E-state index in [2.05, 4.69) is 25.9 Å². The van der Waals surface area contributed by atoms with E-state index < -0.39 is 17.8 Å². The number of H-pyrrole nitrogens is 1. The SMILES string of the molecule is Cc1c(N)cc(C(=O)NC(C)c2nn[nH]n2)cc1F. The van der Waals surface area contributed by atoms with Crippen LogP contribution >= 0.6 is 0 Å². The number of tetrazole rings is 1. The molecule has 0 saturated heterocycles. The van der Waals surface area contributed by atoms with Gasteiger partial charge in [-0.05, 0) is 26.0 Å². The van der Waals surface area contributed by atoms with Crippen LogP contribution in [-0.4, -0.2) is 26.5 Å². The molecule has 2 rings (SSSR count). The van der Waals surface area contributed by atoms with Crippen molar-refractivity contribution in [3.63, 3.8) is 0 Å². The van der Waals surface area contributed by atoms with Crippen LogP contribution in [0.25, 0.3) is 0 Å². The van der Waals surface area contributed by atoms with Crippen LogP contribution in [0.15, 0.2) is 12.1 Å². The number of aromatic amines is 1. The van der Waals surface area contributed by atoms with Crippen molar-refractivity contribution in [1.29, 1.82) is 0 Å². The monoisotopic (exact) mass is 264 g/mol. The lowest BCUT2D eigenvalue weighted by atomic mass is 10.1. The smallest absolute Gasteiger partial charge is 0.252 e. The molecule has 1 unspecified atom stereocenters. The van der Waals surface area contributed by atoms with E-state index >= 15 is 0 Å². The van der Waals surface area contributed by atoms with E-state index in [4.69, 9.17) is 5.73 Å². The molecular formula is C11H13FN6O. The van der Waals surface area contributed by atoms with Crippen molar-refractivity contribution in [2.24, 2.45) is 0 Å². The fourth-order valence-electron chi connectivity index (χ4n) is 1.53. The maximum atomic E-state index is 13.5. The summed E-state index contributed by atoms with van der Waals surface area (Å²) in [4.78, 5) is 11.9. The van der Waals surface area contributed by atoms with E-state index in [1.54, 1.807) is 13.8 Å². The number of carbonyl (C=O) groups excluding carboxylic acids is 1. The molecule has 0 aliphatic rings. The fraction of sp³-hybridized carbons (Fsp3) is 0.273. The highest BCUT2D eigenvalue weighted by Gasteiger charge is 2.16. The van der Waals surface area contributed by atoms with Gasteiger partial charge in [0.1, 0.15) is 5.82 Å². The van der Waals surface area contributed by atoms with Crippen LogP contribution in [0.5, 0.6) is 0 Å². The van der Waals surface area contributed by atoms with Crippen LogP contribution in [0.4, 0.5) is 10.1 Å². The van der Waals surface area contributed by atoms with Crippen molar-refractivity contribution >= 4 is 11.6 Å². The summed E-state index contributed by atoms with van der Waals surface area (Å²) in [6.45, 7) is 3.24. The largest absolute Gasteiger partial charge is 0.398 e. The van der Waals surface area contributed by atoms with Crippen LogP contribution in [-0.2, 0) is 0 Å². The maximum Gasteiger partial charge on any atom is 0.252 e. The number of benzene rings is 1. The van der Waals surface area contributed by atoms with Crippen LogP contribution < -0.4 is 11.1 Å². The number of nitrogens with zero attached hydrogens (tertiary/aromatic N) is 3. The predicted molar refractivity (Wildman–Crippen MR) is 65.6 cm³/mol. The molecule has 0 saturated carbocycles. The molecule has 19 heavy (non-hydrogen) atoms. The summed E-state index contributed by atoms with van der Waals surface area (Å²) in [6.07, 6.45) is 0. The summed E-state index contributed by atoms with van der Waals surface area (Å²) < 4.78 is 13.5. The molecule has 4 N–H and O–H groups in total. The third-order valence-electron chi connectivity index (χ3n) is 2.74. The van der Waals surface area contributed by atoms with Crippen LogP contribution in [0.3, 0.4) is 0 Å². The van der Waals surface area contributed by atoms with Gasteiger partial charge < -0.3 is 11.1 Å². The predicted octanol–water partition coefficient (Wildman–Crippen LogP) is 0.720. The first-order chi connectivity index (χ1) is 8.99. The number of amides is 1. The topological polar surface area (TPSA) is 110 Å². The molecule has 8 heteroatoms. The van der Waals surface area contributed by atoms with E-state index in [1.807, 2.05) is 0 Å². The van der Waals surface area contributed by atoms with Gasteiger partial charge in [-0.2, -0.15) is 5.21 Å². The minimum atomic E-state index is -0.516. The molecule has 0 aliphatic carbocycles.